The number of benzene rings is 1. The molecule has 0 spiro atoms. The van der Waals surface area contributed by atoms with E-state index in [9.17, 15) is 9.59 Å². The lowest BCUT2D eigenvalue weighted by Gasteiger charge is -2.12. The summed E-state index contributed by atoms with van der Waals surface area (Å²) < 4.78 is 9.93. The monoisotopic (exact) mass is 286 g/mol. The molecule has 0 aliphatic rings. The molecule has 16 heavy (non-hydrogen) atoms. The Bertz CT molecular complexity index is 387. The van der Waals surface area contributed by atoms with Crippen molar-refractivity contribution in [2.24, 2.45) is 0 Å². The summed E-state index contributed by atoms with van der Waals surface area (Å²) in [7, 11) is 2.46. The fourth-order valence-electron chi connectivity index (χ4n) is 1.29. The SMILES string of the molecule is COC(=O)C(C(=O)OC)c1cccc(Br)c1. The van der Waals surface area contributed by atoms with E-state index in [2.05, 4.69) is 25.4 Å². The molecule has 4 nitrogen and oxygen atoms in total. The number of halogens is 1. The van der Waals surface area contributed by atoms with E-state index in [0.717, 1.165) is 4.47 Å². The summed E-state index contributed by atoms with van der Waals surface area (Å²) in [6.07, 6.45) is 0. The van der Waals surface area contributed by atoms with Crippen LogP contribution in [0.4, 0.5) is 0 Å². The Morgan fingerprint density at radius 2 is 1.75 bits per heavy atom. The van der Waals surface area contributed by atoms with Crippen LogP contribution in [0.15, 0.2) is 28.7 Å². The smallest absolute Gasteiger partial charge is 0.324 e. The van der Waals surface area contributed by atoms with Gasteiger partial charge in [0, 0.05) is 4.47 Å². The first-order chi connectivity index (χ1) is 7.60. The molecule has 0 N–H and O–H groups in total. The molecule has 1 rings (SSSR count). The molecule has 1 aromatic carbocycles. The van der Waals surface area contributed by atoms with E-state index >= 15 is 0 Å². The summed E-state index contributed by atoms with van der Waals surface area (Å²) in [5, 5.41) is 0. The fourth-order valence-corrected chi connectivity index (χ4v) is 1.71. The highest BCUT2D eigenvalue weighted by atomic mass is 79.9. The second-order valence-corrected chi connectivity index (χ2v) is 3.95. The van der Waals surface area contributed by atoms with Crippen molar-refractivity contribution in [3.05, 3.63) is 34.3 Å². The maximum absolute atomic E-state index is 11.5. The lowest BCUT2D eigenvalue weighted by Crippen LogP contribution is -2.24. The van der Waals surface area contributed by atoms with Crippen LogP contribution < -0.4 is 0 Å². The van der Waals surface area contributed by atoms with Crippen molar-refractivity contribution in [3.63, 3.8) is 0 Å². The van der Waals surface area contributed by atoms with E-state index in [4.69, 9.17) is 0 Å². The van der Waals surface area contributed by atoms with Crippen LogP contribution in [0, 0.1) is 0 Å². The van der Waals surface area contributed by atoms with Crippen molar-refractivity contribution in [2.75, 3.05) is 14.2 Å². The lowest BCUT2D eigenvalue weighted by molar-refractivity contribution is -0.154. The first-order valence-electron chi connectivity index (χ1n) is 4.51. The molecule has 86 valence electrons. The largest absolute Gasteiger partial charge is 0.468 e. The van der Waals surface area contributed by atoms with Gasteiger partial charge in [-0.05, 0) is 17.7 Å². The molecule has 0 radical (unpaired) electrons. The van der Waals surface area contributed by atoms with E-state index in [1.54, 1.807) is 24.3 Å². The van der Waals surface area contributed by atoms with Gasteiger partial charge in [-0.15, -0.1) is 0 Å². The van der Waals surface area contributed by atoms with Gasteiger partial charge in [0.15, 0.2) is 5.92 Å². The molecule has 1 aromatic rings. The molecule has 0 aromatic heterocycles. The topological polar surface area (TPSA) is 52.6 Å². The number of carbonyl (C=O) groups is 2. The van der Waals surface area contributed by atoms with Gasteiger partial charge in [0.2, 0.25) is 0 Å². The Balaban J connectivity index is 3.10. The zero-order valence-corrected chi connectivity index (χ0v) is 10.5. The highest BCUT2D eigenvalue weighted by molar-refractivity contribution is 9.10. The maximum atomic E-state index is 11.5. The number of hydrogen-bond donors (Lipinski definition) is 0. The summed E-state index contributed by atoms with van der Waals surface area (Å²) in [6, 6.07) is 6.88. The van der Waals surface area contributed by atoms with Crippen LogP contribution in [0.5, 0.6) is 0 Å². The molecule has 5 heteroatoms. The minimum atomic E-state index is -1.03. The summed E-state index contributed by atoms with van der Waals surface area (Å²) in [6.45, 7) is 0. The van der Waals surface area contributed by atoms with Gasteiger partial charge in [-0.25, -0.2) is 0 Å². The predicted molar refractivity (Wildman–Crippen MR) is 60.9 cm³/mol. The molecule has 0 aliphatic heterocycles. The third kappa shape index (κ3) is 2.82. The third-order valence-electron chi connectivity index (χ3n) is 2.06. The number of rotatable bonds is 3. The van der Waals surface area contributed by atoms with Crippen molar-refractivity contribution in [2.45, 2.75) is 5.92 Å². The van der Waals surface area contributed by atoms with Crippen molar-refractivity contribution in [3.8, 4) is 0 Å². The van der Waals surface area contributed by atoms with Crippen LogP contribution in [0.3, 0.4) is 0 Å². The highest BCUT2D eigenvalue weighted by Gasteiger charge is 2.30. The maximum Gasteiger partial charge on any atom is 0.324 e. The standard InChI is InChI=1S/C11H11BrO4/c1-15-10(13)9(11(14)16-2)7-4-3-5-8(12)6-7/h3-6,9H,1-2H3. The summed E-state index contributed by atoms with van der Waals surface area (Å²) in [5.41, 5.74) is 0.535. The van der Waals surface area contributed by atoms with Crippen LogP contribution in [-0.2, 0) is 19.1 Å². The normalized spacial score (nSPS) is 10.0. The van der Waals surface area contributed by atoms with Gasteiger partial charge in [-0.3, -0.25) is 9.59 Å². The van der Waals surface area contributed by atoms with E-state index in [1.807, 2.05) is 0 Å². The molecular formula is C11H11BrO4. The second kappa shape index (κ2) is 5.65. The molecule has 0 heterocycles. The van der Waals surface area contributed by atoms with Crippen molar-refractivity contribution >= 4 is 27.9 Å². The first kappa shape index (κ1) is 12.7. The number of ether oxygens (including phenoxy) is 2. The van der Waals surface area contributed by atoms with Crippen LogP contribution in [-0.4, -0.2) is 26.2 Å². The fraction of sp³-hybridized carbons (Fsp3) is 0.273. The average molecular weight is 287 g/mol. The molecule has 0 saturated carbocycles. The van der Waals surface area contributed by atoms with Gasteiger partial charge in [0.1, 0.15) is 0 Å². The van der Waals surface area contributed by atoms with Crippen molar-refractivity contribution < 1.29 is 19.1 Å². The quantitative estimate of drug-likeness (QED) is 0.629. The van der Waals surface area contributed by atoms with E-state index < -0.39 is 17.9 Å². The minimum Gasteiger partial charge on any atom is -0.468 e. The number of hydrogen-bond acceptors (Lipinski definition) is 4. The first-order valence-corrected chi connectivity index (χ1v) is 5.30. The molecular weight excluding hydrogens is 276 g/mol. The Morgan fingerprint density at radius 1 is 1.19 bits per heavy atom. The molecule has 0 atom stereocenters. The zero-order valence-electron chi connectivity index (χ0n) is 8.90. The number of esters is 2. The van der Waals surface area contributed by atoms with E-state index in [-0.39, 0.29) is 0 Å². The van der Waals surface area contributed by atoms with Crippen molar-refractivity contribution in [1.29, 1.82) is 0 Å². The Morgan fingerprint density at radius 3 is 2.19 bits per heavy atom. The van der Waals surface area contributed by atoms with E-state index in [1.165, 1.54) is 14.2 Å². The molecule has 0 amide bonds. The van der Waals surface area contributed by atoms with Gasteiger partial charge >= 0.3 is 11.9 Å². The third-order valence-corrected chi connectivity index (χ3v) is 2.55. The molecule has 0 fully saturated rings. The molecule has 0 unspecified atom stereocenters. The minimum absolute atomic E-state index is 0.535. The average Bonchev–Trinajstić information content (AvgIpc) is 2.29. The van der Waals surface area contributed by atoms with Crippen LogP contribution in [0.2, 0.25) is 0 Å². The Hall–Kier alpha value is -1.36. The number of carbonyl (C=O) groups excluding carboxylic acids is 2. The van der Waals surface area contributed by atoms with Crippen LogP contribution in [0.1, 0.15) is 11.5 Å². The number of methoxy groups -OCH3 is 2. The molecule has 0 saturated heterocycles. The summed E-state index contributed by atoms with van der Waals surface area (Å²) in [5.74, 6) is -2.30. The molecule has 0 aliphatic carbocycles. The summed E-state index contributed by atoms with van der Waals surface area (Å²) in [4.78, 5) is 23.0. The Labute approximate surface area is 102 Å². The summed E-state index contributed by atoms with van der Waals surface area (Å²) >= 11 is 3.27. The molecule has 0 bridgehead atoms. The van der Waals surface area contributed by atoms with Gasteiger partial charge in [0.25, 0.3) is 0 Å². The zero-order chi connectivity index (χ0) is 12.1. The van der Waals surface area contributed by atoms with Crippen LogP contribution in [0.25, 0.3) is 0 Å². The van der Waals surface area contributed by atoms with Crippen LogP contribution >= 0.6 is 15.9 Å². The lowest BCUT2D eigenvalue weighted by atomic mass is 10.00. The van der Waals surface area contributed by atoms with Crippen molar-refractivity contribution in [1.82, 2.24) is 0 Å². The second-order valence-electron chi connectivity index (χ2n) is 3.03. The highest BCUT2D eigenvalue weighted by Crippen LogP contribution is 2.22. The predicted octanol–water partition coefficient (Wildman–Crippen LogP) is 1.88. The Kier molecular flexibility index (Phi) is 4.49. The van der Waals surface area contributed by atoms with Gasteiger partial charge in [-0.1, -0.05) is 28.1 Å². The van der Waals surface area contributed by atoms with E-state index in [0.29, 0.717) is 5.56 Å². The van der Waals surface area contributed by atoms with Gasteiger partial charge in [-0.2, -0.15) is 0 Å². The van der Waals surface area contributed by atoms with Gasteiger partial charge in [0.05, 0.1) is 14.2 Å². The van der Waals surface area contributed by atoms with Gasteiger partial charge < -0.3 is 9.47 Å².